The molecule has 0 saturated heterocycles. The van der Waals surface area contributed by atoms with Crippen molar-refractivity contribution in [2.75, 3.05) is 7.11 Å². The van der Waals surface area contributed by atoms with Gasteiger partial charge in [0.25, 0.3) is 0 Å². The van der Waals surface area contributed by atoms with Crippen LogP contribution in [-0.4, -0.2) is 23.8 Å². The molecule has 0 bridgehead atoms. The smallest absolute Gasteiger partial charge is 0.169 e. The van der Waals surface area contributed by atoms with Crippen LogP contribution >= 0.6 is 0 Å². The second kappa shape index (κ2) is 7.63. The standard InChI is InChI=1S/C23H21N5O2/c1-29-21-12-15(18-10-14-2-3-16(23(26)27)11-19(14)28-18)6-9-20(21)30-17-7-4-13(5-8-17)22(24)25/h2-12,28H,1H3,(H3,24,25)(H3,26,27). The zero-order valence-corrected chi connectivity index (χ0v) is 16.3. The molecule has 0 amide bonds. The number of benzene rings is 3. The average Bonchev–Trinajstić information content (AvgIpc) is 3.17. The molecule has 4 aromatic rings. The average molecular weight is 399 g/mol. The molecule has 1 heterocycles. The van der Waals surface area contributed by atoms with E-state index in [9.17, 15) is 0 Å². The van der Waals surface area contributed by atoms with Crippen LogP contribution in [0, 0.1) is 10.8 Å². The molecule has 0 unspecified atom stereocenters. The number of nitrogen functional groups attached to an aromatic ring is 2. The summed E-state index contributed by atoms with van der Waals surface area (Å²) in [6, 6.07) is 20.3. The van der Waals surface area contributed by atoms with Crippen molar-refractivity contribution in [1.82, 2.24) is 4.98 Å². The summed E-state index contributed by atoms with van der Waals surface area (Å²) >= 11 is 0. The van der Waals surface area contributed by atoms with Crippen molar-refractivity contribution in [3.05, 3.63) is 77.9 Å². The first-order valence-corrected chi connectivity index (χ1v) is 9.22. The Bertz CT molecular complexity index is 1260. The van der Waals surface area contributed by atoms with Gasteiger partial charge in [0.05, 0.1) is 7.11 Å². The summed E-state index contributed by atoms with van der Waals surface area (Å²) in [6.07, 6.45) is 0. The van der Waals surface area contributed by atoms with Gasteiger partial charge in [0.2, 0.25) is 0 Å². The number of fused-ring (bicyclic) bond motifs is 1. The van der Waals surface area contributed by atoms with Crippen LogP contribution in [0.3, 0.4) is 0 Å². The Hall–Kier alpha value is -4.26. The van der Waals surface area contributed by atoms with E-state index in [0.717, 1.165) is 22.2 Å². The van der Waals surface area contributed by atoms with E-state index >= 15 is 0 Å². The minimum Gasteiger partial charge on any atom is -0.493 e. The van der Waals surface area contributed by atoms with Gasteiger partial charge in [-0.1, -0.05) is 12.1 Å². The Morgan fingerprint density at radius 2 is 1.50 bits per heavy atom. The Morgan fingerprint density at radius 3 is 2.17 bits per heavy atom. The van der Waals surface area contributed by atoms with Crippen molar-refractivity contribution in [2.45, 2.75) is 0 Å². The van der Waals surface area contributed by atoms with Crippen molar-refractivity contribution < 1.29 is 9.47 Å². The van der Waals surface area contributed by atoms with E-state index in [1.54, 1.807) is 31.4 Å². The lowest BCUT2D eigenvalue weighted by Gasteiger charge is -2.12. The van der Waals surface area contributed by atoms with Gasteiger partial charge in [0, 0.05) is 33.3 Å². The molecule has 150 valence electrons. The number of hydrogen-bond acceptors (Lipinski definition) is 4. The first-order chi connectivity index (χ1) is 14.4. The summed E-state index contributed by atoms with van der Waals surface area (Å²) in [6.45, 7) is 0. The van der Waals surface area contributed by atoms with Gasteiger partial charge in [-0.25, -0.2) is 0 Å². The number of rotatable bonds is 6. The number of nitrogens with one attached hydrogen (secondary N) is 3. The van der Waals surface area contributed by atoms with Gasteiger partial charge < -0.3 is 25.9 Å². The second-order valence-electron chi connectivity index (χ2n) is 6.80. The lowest BCUT2D eigenvalue weighted by Crippen LogP contribution is -2.10. The molecule has 7 heteroatoms. The lowest BCUT2D eigenvalue weighted by atomic mass is 10.1. The highest BCUT2D eigenvalue weighted by molar-refractivity contribution is 5.99. The second-order valence-corrected chi connectivity index (χ2v) is 6.80. The summed E-state index contributed by atoms with van der Waals surface area (Å²) in [5.74, 6) is 1.83. The highest BCUT2D eigenvalue weighted by Crippen LogP contribution is 2.36. The first kappa shape index (κ1) is 19.1. The largest absolute Gasteiger partial charge is 0.493 e. The quantitative estimate of drug-likeness (QED) is 0.245. The van der Waals surface area contributed by atoms with Crippen LogP contribution in [0.5, 0.6) is 17.2 Å². The van der Waals surface area contributed by atoms with E-state index in [2.05, 4.69) is 4.98 Å². The maximum Gasteiger partial charge on any atom is 0.169 e. The molecule has 7 nitrogen and oxygen atoms in total. The van der Waals surface area contributed by atoms with Crippen molar-refractivity contribution in [2.24, 2.45) is 11.5 Å². The van der Waals surface area contributed by atoms with Crippen LogP contribution in [0.1, 0.15) is 11.1 Å². The molecular formula is C23H21N5O2. The minimum atomic E-state index is 0.0113. The first-order valence-electron chi connectivity index (χ1n) is 9.22. The highest BCUT2D eigenvalue weighted by Gasteiger charge is 2.11. The predicted molar refractivity (Wildman–Crippen MR) is 119 cm³/mol. The van der Waals surface area contributed by atoms with Gasteiger partial charge in [-0.2, -0.15) is 0 Å². The van der Waals surface area contributed by atoms with Crippen molar-refractivity contribution in [3.63, 3.8) is 0 Å². The van der Waals surface area contributed by atoms with E-state index in [0.29, 0.717) is 28.4 Å². The SMILES string of the molecule is COc1cc(-c2cc3ccc(C(=N)N)cc3[nH]2)ccc1Oc1ccc(C(=N)N)cc1. The van der Waals surface area contributed by atoms with E-state index < -0.39 is 0 Å². The molecule has 4 rings (SSSR count). The Balaban J connectivity index is 1.64. The Kier molecular flexibility index (Phi) is 4.85. The topological polar surface area (TPSA) is 134 Å². The van der Waals surface area contributed by atoms with Crippen molar-refractivity contribution >= 4 is 22.6 Å². The van der Waals surface area contributed by atoms with E-state index in [-0.39, 0.29) is 11.7 Å². The summed E-state index contributed by atoms with van der Waals surface area (Å²) in [5.41, 5.74) is 15.1. The third kappa shape index (κ3) is 3.68. The van der Waals surface area contributed by atoms with Gasteiger partial charge >= 0.3 is 0 Å². The van der Waals surface area contributed by atoms with Gasteiger partial charge in [0.15, 0.2) is 11.5 Å². The highest BCUT2D eigenvalue weighted by atomic mass is 16.5. The molecule has 0 aliphatic heterocycles. The summed E-state index contributed by atoms with van der Waals surface area (Å²) in [4.78, 5) is 3.36. The fourth-order valence-corrected chi connectivity index (χ4v) is 3.20. The minimum absolute atomic E-state index is 0.0113. The van der Waals surface area contributed by atoms with Crippen LogP contribution < -0.4 is 20.9 Å². The number of hydrogen-bond donors (Lipinski definition) is 5. The normalized spacial score (nSPS) is 10.7. The van der Waals surface area contributed by atoms with Crippen LogP contribution in [0.15, 0.2) is 66.7 Å². The number of methoxy groups -OCH3 is 1. The molecular weight excluding hydrogens is 378 g/mol. The van der Waals surface area contributed by atoms with Crippen LogP contribution in [0.25, 0.3) is 22.2 Å². The molecule has 0 aliphatic carbocycles. The maximum atomic E-state index is 7.60. The maximum absolute atomic E-state index is 7.60. The zero-order chi connectivity index (χ0) is 21.3. The summed E-state index contributed by atoms with van der Waals surface area (Å²) in [5, 5.41) is 16.1. The fraction of sp³-hybridized carbons (Fsp3) is 0.0435. The lowest BCUT2D eigenvalue weighted by molar-refractivity contribution is 0.379. The third-order valence-corrected chi connectivity index (χ3v) is 4.80. The van der Waals surface area contributed by atoms with Gasteiger partial charge in [-0.3, -0.25) is 10.8 Å². The molecule has 7 N–H and O–H groups in total. The number of H-pyrrole nitrogens is 1. The summed E-state index contributed by atoms with van der Waals surface area (Å²) < 4.78 is 11.5. The van der Waals surface area contributed by atoms with Gasteiger partial charge in [-0.15, -0.1) is 0 Å². The Morgan fingerprint density at radius 1 is 0.800 bits per heavy atom. The van der Waals surface area contributed by atoms with Gasteiger partial charge in [0.1, 0.15) is 17.4 Å². The van der Waals surface area contributed by atoms with Crippen molar-refractivity contribution in [3.8, 4) is 28.5 Å². The molecule has 30 heavy (non-hydrogen) atoms. The van der Waals surface area contributed by atoms with Gasteiger partial charge in [-0.05, 0) is 54.6 Å². The van der Waals surface area contributed by atoms with Crippen molar-refractivity contribution in [1.29, 1.82) is 10.8 Å². The summed E-state index contributed by atoms with van der Waals surface area (Å²) in [7, 11) is 1.59. The molecule has 3 aromatic carbocycles. The Labute approximate surface area is 173 Å². The number of ether oxygens (including phenoxy) is 2. The molecule has 0 fully saturated rings. The number of amidine groups is 2. The predicted octanol–water partition coefficient (Wildman–Crippen LogP) is 4.20. The third-order valence-electron chi connectivity index (χ3n) is 4.80. The van der Waals surface area contributed by atoms with Crippen LogP contribution in [-0.2, 0) is 0 Å². The van der Waals surface area contributed by atoms with E-state index in [1.807, 2.05) is 42.5 Å². The molecule has 1 aromatic heterocycles. The number of aromatic amines is 1. The molecule has 0 aliphatic rings. The zero-order valence-electron chi connectivity index (χ0n) is 16.3. The van der Waals surface area contributed by atoms with E-state index in [1.165, 1.54) is 0 Å². The molecule has 0 radical (unpaired) electrons. The monoisotopic (exact) mass is 399 g/mol. The molecule has 0 atom stereocenters. The number of nitrogens with two attached hydrogens (primary N) is 2. The molecule has 0 spiro atoms. The number of aromatic nitrogens is 1. The fourth-order valence-electron chi connectivity index (χ4n) is 3.20. The van der Waals surface area contributed by atoms with Crippen LogP contribution in [0.2, 0.25) is 0 Å². The van der Waals surface area contributed by atoms with Crippen LogP contribution in [0.4, 0.5) is 0 Å². The van der Waals surface area contributed by atoms with E-state index in [4.69, 9.17) is 31.8 Å². The molecule has 0 saturated carbocycles.